The van der Waals surface area contributed by atoms with E-state index >= 15 is 0 Å². The van der Waals surface area contributed by atoms with Gasteiger partial charge < -0.3 is 5.41 Å². The quantitative estimate of drug-likeness (QED) is 0.309. The zero-order valence-electron chi connectivity index (χ0n) is 4.14. The molecule has 0 aromatic carbocycles. The number of carbonyl (C=O) groups excluding carboxylic acids is 1. The van der Waals surface area contributed by atoms with Crippen LogP contribution in [0.3, 0.4) is 0 Å². The van der Waals surface area contributed by atoms with Gasteiger partial charge in [-0.25, -0.2) is 0 Å². The molecule has 1 N–H and O–H groups in total. The Balaban J connectivity index is 3.72. The van der Waals surface area contributed by atoms with Gasteiger partial charge in [0.15, 0.2) is 0 Å². The molecule has 0 aliphatic carbocycles. The van der Waals surface area contributed by atoms with E-state index in [1.54, 1.807) is 6.92 Å². The molecule has 0 saturated carbocycles. The van der Waals surface area contributed by atoms with Gasteiger partial charge in [0.1, 0.15) is 6.29 Å². The van der Waals surface area contributed by atoms with Crippen molar-refractivity contribution in [2.75, 3.05) is 0 Å². The van der Waals surface area contributed by atoms with Crippen molar-refractivity contribution in [1.82, 2.24) is 0 Å². The highest BCUT2D eigenvalue weighted by Gasteiger charge is 1.75. The summed E-state index contributed by atoms with van der Waals surface area (Å²) in [5.74, 6) is 0. The number of carbonyl (C=O) groups is 1. The third kappa shape index (κ3) is 2.89. The number of aldehydes is 1. The largest absolute Gasteiger partial charge is 0.309 e. The van der Waals surface area contributed by atoms with E-state index in [0.717, 1.165) is 6.21 Å². The summed E-state index contributed by atoms with van der Waals surface area (Å²) in [6, 6.07) is 0. The molecule has 38 valence electrons. The van der Waals surface area contributed by atoms with Gasteiger partial charge in [-0.1, -0.05) is 0 Å². The number of hydrogen-bond donors (Lipinski definition) is 1. The summed E-state index contributed by atoms with van der Waals surface area (Å²) in [5, 5.41) is 6.48. The van der Waals surface area contributed by atoms with E-state index in [1.165, 1.54) is 6.08 Å². The zero-order chi connectivity index (χ0) is 5.70. The Morgan fingerprint density at radius 3 is 2.43 bits per heavy atom. The first kappa shape index (κ1) is 6.08. The van der Waals surface area contributed by atoms with Gasteiger partial charge in [0, 0.05) is 6.21 Å². The van der Waals surface area contributed by atoms with E-state index in [0.29, 0.717) is 11.9 Å². The minimum absolute atomic E-state index is 0.579. The lowest BCUT2D eigenvalue weighted by Crippen LogP contribution is -1.73. The molecule has 0 unspecified atom stereocenters. The normalized spacial score (nSPS) is 10.7. The summed E-state index contributed by atoms with van der Waals surface area (Å²) in [6.45, 7) is 1.65. The van der Waals surface area contributed by atoms with Crippen LogP contribution in [-0.2, 0) is 4.79 Å². The first-order valence-electron chi connectivity index (χ1n) is 1.94. The van der Waals surface area contributed by atoms with Crippen LogP contribution in [0, 0.1) is 5.41 Å². The van der Waals surface area contributed by atoms with E-state index in [-0.39, 0.29) is 0 Å². The highest BCUT2D eigenvalue weighted by Crippen LogP contribution is 1.79. The Hall–Kier alpha value is -0.920. The van der Waals surface area contributed by atoms with E-state index in [2.05, 4.69) is 0 Å². The third-order valence-corrected chi connectivity index (χ3v) is 0.532. The van der Waals surface area contributed by atoms with Crippen molar-refractivity contribution in [3.8, 4) is 0 Å². The van der Waals surface area contributed by atoms with Gasteiger partial charge in [-0.2, -0.15) is 0 Å². The van der Waals surface area contributed by atoms with Gasteiger partial charge in [-0.05, 0) is 18.6 Å². The maximum Gasteiger partial charge on any atom is 0.145 e. The van der Waals surface area contributed by atoms with Crippen LogP contribution in [-0.4, -0.2) is 12.5 Å². The third-order valence-electron chi connectivity index (χ3n) is 0.532. The number of hydrogen-bond acceptors (Lipinski definition) is 2. The Bertz CT molecular complexity index is 105. The lowest BCUT2D eigenvalue weighted by atomic mass is 10.3. The summed E-state index contributed by atoms with van der Waals surface area (Å²) in [5.41, 5.74) is 0.579. The molecule has 0 aliphatic rings. The van der Waals surface area contributed by atoms with E-state index in [9.17, 15) is 4.79 Å². The molecule has 0 bridgehead atoms. The van der Waals surface area contributed by atoms with Crippen LogP contribution < -0.4 is 0 Å². The second-order valence-electron chi connectivity index (χ2n) is 1.20. The van der Waals surface area contributed by atoms with Crippen molar-refractivity contribution in [2.24, 2.45) is 0 Å². The fraction of sp³-hybridized carbons (Fsp3) is 0.200. The van der Waals surface area contributed by atoms with Gasteiger partial charge in [-0.3, -0.25) is 4.79 Å². The van der Waals surface area contributed by atoms with Crippen LogP contribution in [0.4, 0.5) is 0 Å². The molecule has 0 atom stereocenters. The molecule has 0 radical (unpaired) electrons. The highest BCUT2D eigenvalue weighted by atomic mass is 16.1. The summed E-state index contributed by atoms with van der Waals surface area (Å²) in [7, 11) is 0. The molecule has 0 fully saturated rings. The van der Waals surface area contributed by atoms with Gasteiger partial charge >= 0.3 is 0 Å². The molecular weight excluding hydrogens is 90.1 g/mol. The van der Waals surface area contributed by atoms with Gasteiger partial charge in [0.2, 0.25) is 0 Å². The molecule has 0 aromatic rings. The van der Waals surface area contributed by atoms with Crippen LogP contribution >= 0.6 is 0 Å². The summed E-state index contributed by atoms with van der Waals surface area (Å²) in [6.07, 6.45) is 3.24. The predicted octanol–water partition coefficient (Wildman–Crippen LogP) is 0.781. The fourth-order valence-corrected chi connectivity index (χ4v) is 0.171. The van der Waals surface area contributed by atoms with Crippen molar-refractivity contribution in [3.05, 3.63) is 11.6 Å². The van der Waals surface area contributed by atoms with Crippen LogP contribution in [0.2, 0.25) is 0 Å². The molecule has 0 amide bonds. The minimum atomic E-state index is 0.579. The molecule has 0 saturated heterocycles. The monoisotopic (exact) mass is 97.1 g/mol. The van der Waals surface area contributed by atoms with Crippen molar-refractivity contribution >= 4 is 12.5 Å². The van der Waals surface area contributed by atoms with Gasteiger partial charge in [0.25, 0.3) is 0 Å². The molecular formula is C5H7NO. The van der Waals surface area contributed by atoms with Crippen LogP contribution in [0.1, 0.15) is 6.92 Å². The van der Waals surface area contributed by atoms with Crippen LogP contribution in [0.15, 0.2) is 11.6 Å². The molecule has 0 aromatic heterocycles. The summed E-state index contributed by atoms with van der Waals surface area (Å²) < 4.78 is 0. The van der Waals surface area contributed by atoms with E-state index in [1.807, 2.05) is 0 Å². The first-order chi connectivity index (χ1) is 3.31. The number of rotatable bonds is 2. The van der Waals surface area contributed by atoms with E-state index < -0.39 is 0 Å². The summed E-state index contributed by atoms with van der Waals surface area (Å²) >= 11 is 0. The topological polar surface area (TPSA) is 40.9 Å². The average Bonchev–Trinajstić information content (AvgIpc) is 1.68. The molecule has 0 spiro atoms. The Labute approximate surface area is 42.4 Å². The number of allylic oxidation sites excluding steroid dienone is 2. The Morgan fingerprint density at radius 1 is 1.71 bits per heavy atom. The molecule has 0 heterocycles. The van der Waals surface area contributed by atoms with Gasteiger partial charge in [0.05, 0.1) is 0 Å². The van der Waals surface area contributed by atoms with Crippen LogP contribution in [0.25, 0.3) is 0 Å². The fourth-order valence-electron chi connectivity index (χ4n) is 0.171. The lowest BCUT2D eigenvalue weighted by molar-refractivity contribution is -0.104. The van der Waals surface area contributed by atoms with Crippen molar-refractivity contribution in [3.63, 3.8) is 0 Å². The Kier molecular flexibility index (Phi) is 2.85. The second kappa shape index (κ2) is 3.28. The highest BCUT2D eigenvalue weighted by molar-refractivity contribution is 5.81. The molecule has 2 heteroatoms. The van der Waals surface area contributed by atoms with Crippen molar-refractivity contribution < 1.29 is 4.79 Å². The van der Waals surface area contributed by atoms with Gasteiger partial charge in [-0.15, -0.1) is 0 Å². The summed E-state index contributed by atoms with van der Waals surface area (Å²) in [4.78, 5) is 9.72. The standard InChI is InChI=1S/C5H7NO/c1-5(4-7)2-3-6/h2-4,6H,1H3/b5-2-,6-3?. The lowest BCUT2D eigenvalue weighted by Gasteiger charge is -1.74. The SMILES string of the molecule is C/C(C=O)=C/C=N. The first-order valence-corrected chi connectivity index (χ1v) is 1.94. The van der Waals surface area contributed by atoms with E-state index in [4.69, 9.17) is 5.41 Å². The van der Waals surface area contributed by atoms with Crippen molar-refractivity contribution in [1.29, 1.82) is 5.41 Å². The average molecular weight is 97.1 g/mol. The molecule has 7 heavy (non-hydrogen) atoms. The number of nitrogens with one attached hydrogen (secondary N) is 1. The maximum atomic E-state index is 9.72. The smallest absolute Gasteiger partial charge is 0.145 e. The van der Waals surface area contributed by atoms with Crippen molar-refractivity contribution in [2.45, 2.75) is 6.92 Å². The molecule has 0 aliphatic heterocycles. The molecule has 0 rings (SSSR count). The predicted molar refractivity (Wildman–Crippen MR) is 28.6 cm³/mol. The maximum absolute atomic E-state index is 9.72. The van der Waals surface area contributed by atoms with Crippen LogP contribution in [0.5, 0.6) is 0 Å². The Morgan fingerprint density at radius 2 is 2.29 bits per heavy atom. The second-order valence-corrected chi connectivity index (χ2v) is 1.20. The zero-order valence-corrected chi connectivity index (χ0v) is 4.14. The minimum Gasteiger partial charge on any atom is -0.309 e. The molecule has 2 nitrogen and oxygen atoms in total.